The molecule has 2 N–H and O–H groups in total. The van der Waals surface area contributed by atoms with Gasteiger partial charge >= 0.3 is 5.97 Å². The number of hydrogen-bond donors (Lipinski definition) is 2. The molecule has 2 aromatic rings. The number of carbonyl (C=O) groups excluding carboxylic acids is 2. The molecule has 0 radical (unpaired) electrons. The maximum atomic E-state index is 12.7. The Kier molecular flexibility index (Phi) is 6.07. The van der Waals surface area contributed by atoms with Crippen molar-refractivity contribution in [2.45, 2.75) is 20.3 Å². The summed E-state index contributed by atoms with van der Waals surface area (Å²) in [6, 6.07) is 10.5. The fourth-order valence-electron chi connectivity index (χ4n) is 3.20. The number of allylic oxidation sites excluding steroid dienone is 1. The Morgan fingerprint density at radius 2 is 1.69 bits per heavy atom. The number of ether oxygens (including phenoxy) is 3. The lowest BCUT2D eigenvalue weighted by Crippen LogP contribution is -2.10. The van der Waals surface area contributed by atoms with Gasteiger partial charge in [-0.15, -0.1) is 0 Å². The van der Waals surface area contributed by atoms with Gasteiger partial charge in [-0.25, -0.2) is 4.79 Å². The second-order valence-corrected chi connectivity index (χ2v) is 6.34. The van der Waals surface area contributed by atoms with E-state index in [9.17, 15) is 9.59 Å². The molecule has 1 aliphatic rings. The summed E-state index contributed by atoms with van der Waals surface area (Å²) < 4.78 is 15.7. The van der Waals surface area contributed by atoms with E-state index in [0.717, 1.165) is 16.9 Å². The standard InChI is InChI=1S/C22H24N2O5/c1-5-16(23-14-9-7-13(8-10-14)22(26)29-6-2)20-15-11-18(27-3)19(28-4)12-17(15)24-21(20)25/h7-12,23H,5-6H2,1-4H3,(H,24,25). The highest BCUT2D eigenvalue weighted by atomic mass is 16.5. The minimum atomic E-state index is -0.363. The summed E-state index contributed by atoms with van der Waals surface area (Å²) >= 11 is 0. The molecule has 0 saturated carbocycles. The highest BCUT2D eigenvalue weighted by molar-refractivity contribution is 6.32. The summed E-state index contributed by atoms with van der Waals surface area (Å²) in [5.41, 5.74) is 3.98. The molecule has 2 aromatic carbocycles. The summed E-state index contributed by atoms with van der Waals surface area (Å²) in [6.45, 7) is 4.06. The van der Waals surface area contributed by atoms with Crippen LogP contribution in [-0.4, -0.2) is 32.7 Å². The maximum Gasteiger partial charge on any atom is 0.338 e. The van der Waals surface area contributed by atoms with E-state index in [-0.39, 0.29) is 11.9 Å². The Morgan fingerprint density at radius 1 is 1.03 bits per heavy atom. The van der Waals surface area contributed by atoms with E-state index in [1.54, 1.807) is 57.5 Å². The lowest BCUT2D eigenvalue weighted by Gasteiger charge is -2.14. The van der Waals surface area contributed by atoms with Crippen molar-refractivity contribution in [1.82, 2.24) is 0 Å². The van der Waals surface area contributed by atoms with E-state index in [0.29, 0.717) is 41.4 Å². The van der Waals surface area contributed by atoms with Crippen molar-refractivity contribution in [3.8, 4) is 11.5 Å². The van der Waals surface area contributed by atoms with E-state index in [4.69, 9.17) is 14.2 Å². The molecule has 7 heteroatoms. The van der Waals surface area contributed by atoms with E-state index in [2.05, 4.69) is 10.6 Å². The van der Waals surface area contributed by atoms with Gasteiger partial charge in [-0.1, -0.05) is 6.92 Å². The molecule has 1 heterocycles. The van der Waals surface area contributed by atoms with Crippen LogP contribution in [0.2, 0.25) is 0 Å². The first-order valence-corrected chi connectivity index (χ1v) is 9.37. The van der Waals surface area contributed by atoms with Gasteiger partial charge in [0.25, 0.3) is 5.91 Å². The van der Waals surface area contributed by atoms with Crippen LogP contribution in [0.15, 0.2) is 42.1 Å². The maximum absolute atomic E-state index is 12.7. The topological polar surface area (TPSA) is 85.9 Å². The zero-order valence-electron chi connectivity index (χ0n) is 16.9. The second kappa shape index (κ2) is 8.68. The third-order valence-electron chi connectivity index (χ3n) is 4.61. The van der Waals surface area contributed by atoms with E-state index in [1.807, 2.05) is 6.92 Å². The number of rotatable bonds is 7. The third kappa shape index (κ3) is 4.03. The van der Waals surface area contributed by atoms with Crippen LogP contribution in [0.3, 0.4) is 0 Å². The van der Waals surface area contributed by atoms with Gasteiger partial charge in [0, 0.05) is 23.0 Å². The fourth-order valence-corrected chi connectivity index (χ4v) is 3.20. The highest BCUT2D eigenvalue weighted by Crippen LogP contribution is 2.42. The Hall–Kier alpha value is -3.48. The van der Waals surface area contributed by atoms with Crippen molar-refractivity contribution in [3.05, 3.63) is 53.2 Å². The summed E-state index contributed by atoms with van der Waals surface area (Å²) in [4.78, 5) is 24.5. The predicted octanol–water partition coefficient (Wildman–Crippen LogP) is 4.07. The summed E-state index contributed by atoms with van der Waals surface area (Å²) in [6.07, 6.45) is 0.607. The van der Waals surface area contributed by atoms with Crippen LogP contribution in [0.25, 0.3) is 5.57 Å². The van der Waals surface area contributed by atoms with Crippen LogP contribution in [0, 0.1) is 0 Å². The van der Waals surface area contributed by atoms with Crippen LogP contribution >= 0.6 is 0 Å². The molecular formula is C22H24N2O5. The van der Waals surface area contributed by atoms with Crippen LogP contribution in [-0.2, 0) is 9.53 Å². The molecule has 7 nitrogen and oxygen atoms in total. The highest BCUT2D eigenvalue weighted by Gasteiger charge is 2.29. The lowest BCUT2D eigenvalue weighted by molar-refractivity contribution is -0.110. The Morgan fingerprint density at radius 3 is 2.28 bits per heavy atom. The number of esters is 1. The van der Waals surface area contributed by atoms with Crippen molar-refractivity contribution < 1.29 is 23.8 Å². The molecule has 1 aliphatic heterocycles. The molecule has 0 spiro atoms. The van der Waals surface area contributed by atoms with Crippen molar-refractivity contribution in [1.29, 1.82) is 0 Å². The van der Waals surface area contributed by atoms with Gasteiger partial charge < -0.3 is 24.8 Å². The molecule has 152 valence electrons. The van der Waals surface area contributed by atoms with E-state index < -0.39 is 0 Å². The van der Waals surface area contributed by atoms with Crippen LogP contribution in [0.4, 0.5) is 11.4 Å². The quantitative estimate of drug-likeness (QED) is 0.542. The van der Waals surface area contributed by atoms with Gasteiger partial charge in [0.05, 0.1) is 37.7 Å². The molecule has 0 atom stereocenters. The molecule has 0 fully saturated rings. The first kappa shape index (κ1) is 20.3. The molecule has 0 aromatic heterocycles. The van der Waals surface area contributed by atoms with Gasteiger partial charge in [0.1, 0.15) is 0 Å². The average molecular weight is 396 g/mol. The Labute approximate surface area is 169 Å². The van der Waals surface area contributed by atoms with Gasteiger partial charge in [0.15, 0.2) is 11.5 Å². The van der Waals surface area contributed by atoms with E-state index >= 15 is 0 Å². The number of methoxy groups -OCH3 is 2. The first-order valence-electron chi connectivity index (χ1n) is 9.37. The predicted molar refractivity (Wildman–Crippen MR) is 111 cm³/mol. The number of benzene rings is 2. The largest absolute Gasteiger partial charge is 0.493 e. The molecule has 3 rings (SSSR count). The van der Waals surface area contributed by atoms with Crippen molar-refractivity contribution in [3.63, 3.8) is 0 Å². The molecule has 0 bridgehead atoms. The summed E-state index contributed by atoms with van der Waals surface area (Å²) in [5, 5.41) is 6.18. The number of nitrogens with one attached hydrogen (secondary N) is 2. The number of amides is 1. The summed E-state index contributed by atoms with van der Waals surface area (Å²) in [5.74, 6) is 0.545. The summed E-state index contributed by atoms with van der Waals surface area (Å²) in [7, 11) is 3.11. The van der Waals surface area contributed by atoms with Crippen LogP contribution in [0.5, 0.6) is 11.5 Å². The Balaban J connectivity index is 1.95. The van der Waals surface area contributed by atoms with Gasteiger partial charge in [-0.3, -0.25) is 4.79 Å². The molecule has 29 heavy (non-hydrogen) atoms. The van der Waals surface area contributed by atoms with Crippen LogP contribution < -0.4 is 20.1 Å². The minimum Gasteiger partial charge on any atom is -0.493 e. The molecule has 0 saturated heterocycles. The van der Waals surface area contributed by atoms with Crippen molar-refractivity contribution in [2.75, 3.05) is 31.5 Å². The first-order chi connectivity index (χ1) is 14.0. The molecule has 1 amide bonds. The van der Waals surface area contributed by atoms with E-state index in [1.165, 1.54) is 0 Å². The minimum absolute atomic E-state index is 0.192. The normalized spacial score (nSPS) is 14.0. The van der Waals surface area contributed by atoms with Gasteiger partial charge in [0.2, 0.25) is 0 Å². The smallest absolute Gasteiger partial charge is 0.338 e. The number of hydrogen-bond acceptors (Lipinski definition) is 6. The Bertz CT molecular complexity index is 964. The zero-order chi connectivity index (χ0) is 21.0. The second-order valence-electron chi connectivity index (χ2n) is 6.34. The monoisotopic (exact) mass is 396 g/mol. The molecular weight excluding hydrogens is 372 g/mol. The third-order valence-corrected chi connectivity index (χ3v) is 4.61. The average Bonchev–Trinajstić information content (AvgIpc) is 3.06. The van der Waals surface area contributed by atoms with Gasteiger partial charge in [-0.05, 0) is 43.7 Å². The number of fused-ring (bicyclic) bond motifs is 1. The SMILES string of the molecule is CCOC(=O)c1ccc(NC(CC)=C2C(=O)Nc3cc(OC)c(OC)cc32)cc1. The molecule has 0 aliphatic carbocycles. The fraction of sp³-hybridized carbons (Fsp3) is 0.273. The number of carbonyl (C=O) groups is 2. The van der Waals surface area contributed by atoms with Crippen molar-refractivity contribution >= 4 is 28.8 Å². The zero-order valence-corrected chi connectivity index (χ0v) is 16.9. The molecule has 0 unspecified atom stereocenters. The van der Waals surface area contributed by atoms with Crippen molar-refractivity contribution in [2.24, 2.45) is 0 Å². The number of anilines is 2. The van der Waals surface area contributed by atoms with Crippen LogP contribution in [0.1, 0.15) is 36.2 Å². The lowest BCUT2D eigenvalue weighted by atomic mass is 10.0. The van der Waals surface area contributed by atoms with Gasteiger partial charge in [-0.2, -0.15) is 0 Å².